The number of primary amides is 1. The van der Waals surface area contributed by atoms with Crippen molar-refractivity contribution in [3.05, 3.63) is 36.3 Å². The molecule has 0 aliphatic rings. The highest BCUT2D eigenvalue weighted by atomic mass is 16.2. The fourth-order valence-electron chi connectivity index (χ4n) is 1.72. The van der Waals surface area contributed by atoms with Crippen LogP contribution in [-0.2, 0) is 4.79 Å². The molecule has 3 aromatic heterocycles. The van der Waals surface area contributed by atoms with Gasteiger partial charge in [-0.15, -0.1) is 10.2 Å². The van der Waals surface area contributed by atoms with Crippen LogP contribution in [0.5, 0.6) is 0 Å². The maximum absolute atomic E-state index is 11.9. The highest BCUT2D eigenvalue weighted by Crippen LogP contribution is 2.12. The second kappa shape index (κ2) is 5.52. The predicted molar refractivity (Wildman–Crippen MR) is 73.3 cm³/mol. The van der Waals surface area contributed by atoms with Gasteiger partial charge in [0.05, 0.1) is 6.54 Å². The molecular formula is C12H10N8O2. The molecule has 10 nitrogen and oxygen atoms in total. The first-order chi connectivity index (χ1) is 10.6. The van der Waals surface area contributed by atoms with E-state index in [9.17, 15) is 9.59 Å². The van der Waals surface area contributed by atoms with E-state index in [4.69, 9.17) is 5.73 Å². The van der Waals surface area contributed by atoms with Gasteiger partial charge in [0.2, 0.25) is 11.7 Å². The molecule has 0 bridgehead atoms. The molecule has 0 saturated heterocycles. The van der Waals surface area contributed by atoms with E-state index in [1.807, 2.05) is 0 Å². The van der Waals surface area contributed by atoms with Crippen molar-refractivity contribution in [1.82, 2.24) is 35.1 Å². The third-order valence-corrected chi connectivity index (χ3v) is 2.68. The summed E-state index contributed by atoms with van der Waals surface area (Å²) in [6.07, 6.45) is 3.12. The molecule has 110 valence electrons. The van der Waals surface area contributed by atoms with Crippen LogP contribution in [0, 0.1) is 0 Å². The first-order valence-corrected chi connectivity index (χ1v) is 6.21. The number of hydrogen-bond donors (Lipinski definition) is 2. The molecule has 0 unspecified atom stereocenters. The Kier molecular flexibility index (Phi) is 3.40. The Morgan fingerprint density at radius 2 is 1.95 bits per heavy atom. The zero-order valence-corrected chi connectivity index (χ0v) is 11.2. The van der Waals surface area contributed by atoms with Crippen molar-refractivity contribution in [2.24, 2.45) is 5.73 Å². The van der Waals surface area contributed by atoms with E-state index in [1.54, 1.807) is 24.5 Å². The minimum Gasteiger partial charge on any atom is -0.368 e. The van der Waals surface area contributed by atoms with E-state index < -0.39 is 11.8 Å². The van der Waals surface area contributed by atoms with E-state index in [0.717, 1.165) is 0 Å². The Labute approximate surface area is 123 Å². The van der Waals surface area contributed by atoms with Gasteiger partial charge in [-0.1, -0.05) is 0 Å². The largest absolute Gasteiger partial charge is 0.368 e. The zero-order valence-electron chi connectivity index (χ0n) is 11.2. The molecule has 3 rings (SSSR count). The normalized spacial score (nSPS) is 10.5. The molecule has 0 radical (unpaired) electrons. The number of carbonyl (C=O) groups excluding carboxylic acids is 2. The van der Waals surface area contributed by atoms with Crippen LogP contribution in [0.25, 0.3) is 17.3 Å². The molecule has 3 heterocycles. The summed E-state index contributed by atoms with van der Waals surface area (Å²) in [6.45, 7) is -0.268. The van der Waals surface area contributed by atoms with E-state index in [1.165, 1.54) is 10.6 Å². The van der Waals surface area contributed by atoms with E-state index in [0.29, 0.717) is 17.3 Å². The number of fused-ring (bicyclic) bond motifs is 1. The van der Waals surface area contributed by atoms with Gasteiger partial charge in [0.25, 0.3) is 5.91 Å². The SMILES string of the molecule is NC(=O)CNC(=O)c1ccc2nnc(-c3ncccn3)n2n1. The van der Waals surface area contributed by atoms with Gasteiger partial charge < -0.3 is 11.1 Å². The van der Waals surface area contributed by atoms with Crippen LogP contribution in [0.15, 0.2) is 30.6 Å². The topological polar surface area (TPSA) is 141 Å². The molecule has 0 aliphatic carbocycles. The number of rotatable bonds is 4. The summed E-state index contributed by atoms with van der Waals surface area (Å²) in [7, 11) is 0. The monoisotopic (exact) mass is 298 g/mol. The molecule has 0 spiro atoms. The molecule has 0 saturated carbocycles. The first-order valence-electron chi connectivity index (χ1n) is 6.21. The molecule has 3 aromatic rings. The van der Waals surface area contributed by atoms with Crippen LogP contribution in [0.2, 0.25) is 0 Å². The fourth-order valence-corrected chi connectivity index (χ4v) is 1.72. The van der Waals surface area contributed by atoms with Crippen molar-refractivity contribution >= 4 is 17.5 Å². The average Bonchev–Trinajstić information content (AvgIpc) is 2.96. The van der Waals surface area contributed by atoms with Crippen LogP contribution in [-0.4, -0.2) is 48.1 Å². The molecule has 0 aliphatic heterocycles. The van der Waals surface area contributed by atoms with Crippen LogP contribution in [0.1, 0.15) is 10.5 Å². The van der Waals surface area contributed by atoms with E-state index in [-0.39, 0.29) is 12.2 Å². The van der Waals surface area contributed by atoms with Crippen molar-refractivity contribution in [2.45, 2.75) is 0 Å². The summed E-state index contributed by atoms with van der Waals surface area (Å²) in [4.78, 5) is 30.7. The molecule has 22 heavy (non-hydrogen) atoms. The molecule has 3 N–H and O–H groups in total. The highest BCUT2D eigenvalue weighted by Gasteiger charge is 2.15. The van der Waals surface area contributed by atoms with Gasteiger partial charge in [0.15, 0.2) is 11.5 Å². The summed E-state index contributed by atoms with van der Waals surface area (Å²) < 4.78 is 1.36. The number of carbonyl (C=O) groups is 2. The fraction of sp³-hybridized carbons (Fsp3) is 0.0833. The Hall–Kier alpha value is -3.43. The Morgan fingerprint density at radius 1 is 1.18 bits per heavy atom. The van der Waals surface area contributed by atoms with Gasteiger partial charge in [-0.05, 0) is 18.2 Å². The van der Waals surface area contributed by atoms with Crippen molar-refractivity contribution in [3.63, 3.8) is 0 Å². The Morgan fingerprint density at radius 3 is 2.68 bits per heavy atom. The number of hydrogen-bond acceptors (Lipinski definition) is 7. The molecule has 2 amide bonds. The van der Waals surface area contributed by atoms with Crippen molar-refractivity contribution in [3.8, 4) is 11.6 Å². The minimum atomic E-state index is -0.642. The molecule has 0 aromatic carbocycles. The third kappa shape index (κ3) is 2.57. The first kappa shape index (κ1) is 13.5. The molecule has 0 atom stereocenters. The number of nitrogens with two attached hydrogens (primary N) is 1. The smallest absolute Gasteiger partial charge is 0.272 e. The lowest BCUT2D eigenvalue weighted by Gasteiger charge is -2.03. The maximum atomic E-state index is 11.9. The van der Waals surface area contributed by atoms with Crippen LogP contribution in [0.3, 0.4) is 0 Å². The molecule has 10 heteroatoms. The van der Waals surface area contributed by atoms with Gasteiger partial charge in [0.1, 0.15) is 5.69 Å². The second-order valence-electron chi connectivity index (χ2n) is 4.23. The second-order valence-corrected chi connectivity index (χ2v) is 4.23. The number of nitrogens with one attached hydrogen (secondary N) is 1. The number of amides is 2. The van der Waals surface area contributed by atoms with E-state index >= 15 is 0 Å². The zero-order chi connectivity index (χ0) is 15.5. The predicted octanol–water partition coefficient (Wildman–Crippen LogP) is -1.20. The Balaban J connectivity index is 1.98. The van der Waals surface area contributed by atoms with Crippen LogP contribution < -0.4 is 11.1 Å². The van der Waals surface area contributed by atoms with Gasteiger partial charge in [-0.2, -0.15) is 9.61 Å². The van der Waals surface area contributed by atoms with Crippen molar-refractivity contribution in [2.75, 3.05) is 6.54 Å². The molecule has 0 fully saturated rings. The van der Waals surface area contributed by atoms with Crippen LogP contribution >= 0.6 is 0 Å². The van der Waals surface area contributed by atoms with Gasteiger partial charge in [0, 0.05) is 12.4 Å². The average molecular weight is 298 g/mol. The summed E-state index contributed by atoms with van der Waals surface area (Å²) in [6, 6.07) is 4.71. The summed E-state index contributed by atoms with van der Waals surface area (Å²) in [5.41, 5.74) is 5.50. The highest BCUT2D eigenvalue weighted by molar-refractivity contribution is 5.94. The molecular weight excluding hydrogens is 288 g/mol. The summed E-state index contributed by atoms with van der Waals surface area (Å²) >= 11 is 0. The lowest BCUT2D eigenvalue weighted by atomic mass is 10.3. The lowest BCUT2D eigenvalue weighted by molar-refractivity contribution is -0.117. The summed E-state index contributed by atoms with van der Waals surface area (Å²) in [5.74, 6) is -0.538. The maximum Gasteiger partial charge on any atom is 0.272 e. The minimum absolute atomic E-state index is 0.0886. The van der Waals surface area contributed by atoms with Crippen LogP contribution in [0.4, 0.5) is 0 Å². The lowest BCUT2D eigenvalue weighted by Crippen LogP contribution is -2.33. The van der Waals surface area contributed by atoms with E-state index in [2.05, 4.69) is 30.6 Å². The number of aromatic nitrogens is 6. The van der Waals surface area contributed by atoms with Gasteiger partial charge >= 0.3 is 0 Å². The van der Waals surface area contributed by atoms with Gasteiger partial charge in [-0.3, -0.25) is 9.59 Å². The summed E-state index contributed by atoms with van der Waals surface area (Å²) in [5, 5.41) is 14.4. The Bertz CT molecular complexity index is 845. The van der Waals surface area contributed by atoms with Gasteiger partial charge in [-0.25, -0.2) is 9.97 Å². The van der Waals surface area contributed by atoms with Crippen molar-refractivity contribution in [1.29, 1.82) is 0 Å². The number of nitrogens with zero attached hydrogens (tertiary/aromatic N) is 6. The quantitative estimate of drug-likeness (QED) is 0.616. The third-order valence-electron chi connectivity index (χ3n) is 2.68. The standard InChI is InChI=1S/C12H10N8O2/c13-8(21)6-16-12(22)7-2-3-9-17-18-11(20(9)19-7)10-14-4-1-5-15-10/h1-5H,6H2,(H2,13,21)(H,16,22). The van der Waals surface area contributed by atoms with Crippen molar-refractivity contribution < 1.29 is 9.59 Å².